The Labute approximate surface area is 116 Å². The highest BCUT2D eigenvalue weighted by molar-refractivity contribution is 5.90. The van der Waals surface area contributed by atoms with E-state index in [0.29, 0.717) is 12.5 Å². The number of anilines is 1. The van der Waals surface area contributed by atoms with Gasteiger partial charge >= 0.3 is 0 Å². The number of amides is 1. The van der Waals surface area contributed by atoms with Gasteiger partial charge in [-0.05, 0) is 32.0 Å². The standard InChI is InChI=1S/C16H24N2O/c1-18(15-10-6-3-7-11-15)13-12-16(19)17-14-8-4-2-5-9-14/h2,4-5,8-9,15H,3,6-7,10-13H2,1H3,(H,17,19). The number of hydrogen-bond acceptors (Lipinski definition) is 2. The fraction of sp³-hybridized carbons (Fsp3) is 0.562. The van der Waals surface area contributed by atoms with Crippen LogP contribution in [0.3, 0.4) is 0 Å². The molecule has 0 atom stereocenters. The van der Waals surface area contributed by atoms with Crippen LogP contribution >= 0.6 is 0 Å². The molecule has 0 heterocycles. The quantitative estimate of drug-likeness (QED) is 0.881. The summed E-state index contributed by atoms with van der Waals surface area (Å²) in [4.78, 5) is 14.2. The molecule has 104 valence electrons. The number of nitrogens with one attached hydrogen (secondary N) is 1. The van der Waals surface area contributed by atoms with Crippen molar-refractivity contribution in [3.8, 4) is 0 Å². The largest absolute Gasteiger partial charge is 0.326 e. The Bertz CT molecular complexity index is 385. The Kier molecular flexibility index (Phi) is 5.40. The second-order valence-corrected chi connectivity index (χ2v) is 5.44. The third-order valence-corrected chi connectivity index (χ3v) is 3.95. The van der Waals surface area contributed by atoms with Crippen LogP contribution in [0.5, 0.6) is 0 Å². The summed E-state index contributed by atoms with van der Waals surface area (Å²) in [5, 5.41) is 2.93. The van der Waals surface area contributed by atoms with Gasteiger partial charge in [-0.25, -0.2) is 0 Å². The molecule has 0 aromatic heterocycles. The molecule has 3 nitrogen and oxygen atoms in total. The van der Waals surface area contributed by atoms with Gasteiger partial charge in [-0.15, -0.1) is 0 Å². The third kappa shape index (κ3) is 4.67. The predicted octanol–water partition coefficient (Wildman–Crippen LogP) is 3.28. The molecule has 0 aliphatic heterocycles. The molecule has 0 radical (unpaired) electrons. The molecule has 1 aromatic carbocycles. The smallest absolute Gasteiger partial charge is 0.225 e. The molecule has 19 heavy (non-hydrogen) atoms. The average molecular weight is 260 g/mol. The molecule has 1 aromatic rings. The van der Waals surface area contributed by atoms with Crippen LogP contribution in [0.2, 0.25) is 0 Å². The van der Waals surface area contributed by atoms with Crippen LogP contribution in [0.15, 0.2) is 30.3 Å². The summed E-state index contributed by atoms with van der Waals surface area (Å²) in [5.41, 5.74) is 0.882. The number of benzene rings is 1. The van der Waals surface area contributed by atoms with E-state index in [1.807, 2.05) is 30.3 Å². The molecular formula is C16H24N2O. The molecule has 1 aliphatic carbocycles. The van der Waals surface area contributed by atoms with E-state index >= 15 is 0 Å². The Morgan fingerprint density at radius 1 is 1.21 bits per heavy atom. The van der Waals surface area contributed by atoms with Gasteiger partial charge in [0.1, 0.15) is 0 Å². The minimum Gasteiger partial charge on any atom is -0.326 e. The van der Waals surface area contributed by atoms with Crippen molar-refractivity contribution in [1.82, 2.24) is 4.90 Å². The second-order valence-electron chi connectivity index (χ2n) is 5.44. The van der Waals surface area contributed by atoms with Crippen LogP contribution in [0.4, 0.5) is 5.69 Å². The molecule has 1 fully saturated rings. The maximum absolute atomic E-state index is 11.9. The van der Waals surface area contributed by atoms with Gasteiger partial charge < -0.3 is 10.2 Å². The van der Waals surface area contributed by atoms with E-state index in [1.165, 1.54) is 32.1 Å². The number of nitrogens with zero attached hydrogens (tertiary/aromatic N) is 1. The van der Waals surface area contributed by atoms with Crippen LogP contribution in [0.25, 0.3) is 0 Å². The summed E-state index contributed by atoms with van der Waals surface area (Å²) < 4.78 is 0. The maximum atomic E-state index is 11.9. The lowest BCUT2D eigenvalue weighted by Gasteiger charge is -2.30. The van der Waals surface area contributed by atoms with Gasteiger partial charge in [0, 0.05) is 24.7 Å². The van der Waals surface area contributed by atoms with Gasteiger partial charge in [0.15, 0.2) is 0 Å². The van der Waals surface area contributed by atoms with Gasteiger partial charge in [-0.3, -0.25) is 4.79 Å². The zero-order valence-corrected chi connectivity index (χ0v) is 11.8. The summed E-state index contributed by atoms with van der Waals surface area (Å²) in [7, 11) is 2.14. The normalized spacial score (nSPS) is 16.5. The number of para-hydroxylation sites is 1. The topological polar surface area (TPSA) is 32.3 Å². The van der Waals surface area contributed by atoms with Crippen molar-refractivity contribution in [2.24, 2.45) is 0 Å². The van der Waals surface area contributed by atoms with E-state index in [0.717, 1.165) is 12.2 Å². The number of hydrogen-bond donors (Lipinski definition) is 1. The molecule has 0 spiro atoms. The lowest BCUT2D eigenvalue weighted by molar-refractivity contribution is -0.116. The molecule has 0 unspecified atom stereocenters. The zero-order chi connectivity index (χ0) is 13.5. The summed E-state index contributed by atoms with van der Waals surface area (Å²) in [6.07, 6.45) is 7.20. The minimum atomic E-state index is 0.105. The number of carbonyl (C=O) groups is 1. The molecule has 1 saturated carbocycles. The Hall–Kier alpha value is -1.35. The summed E-state index contributed by atoms with van der Waals surface area (Å²) >= 11 is 0. The van der Waals surface area contributed by atoms with E-state index in [2.05, 4.69) is 17.3 Å². The van der Waals surface area contributed by atoms with Crippen molar-refractivity contribution in [1.29, 1.82) is 0 Å². The molecule has 0 saturated heterocycles. The minimum absolute atomic E-state index is 0.105. The van der Waals surface area contributed by atoms with Crippen molar-refractivity contribution in [3.05, 3.63) is 30.3 Å². The second kappa shape index (κ2) is 7.29. The van der Waals surface area contributed by atoms with Crippen molar-refractivity contribution in [2.45, 2.75) is 44.6 Å². The molecule has 0 bridgehead atoms. The zero-order valence-electron chi connectivity index (χ0n) is 11.8. The molecule has 1 N–H and O–H groups in total. The molecule has 3 heteroatoms. The number of rotatable bonds is 5. The van der Waals surface area contributed by atoms with Crippen molar-refractivity contribution >= 4 is 11.6 Å². The van der Waals surface area contributed by atoms with E-state index in [-0.39, 0.29) is 5.91 Å². The van der Waals surface area contributed by atoms with Crippen LogP contribution in [0, 0.1) is 0 Å². The van der Waals surface area contributed by atoms with Crippen LogP contribution in [0.1, 0.15) is 38.5 Å². The van der Waals surface area contributed by atoms with E-state index < -0.39 is 0 Å². The molecule has 1 aliphatic rings. The van der Waals surface area contributed by atoms with Gasteiger partial charge in [0.2, 0.25) is 5.91 Å². The first-order valence-electron chi connectivity index (χ1n) is 7.31. The highest BCUT2D eigenvalue weighted by atomic mass is 16.1. The van der Waals surface area contributed by atoms with Crippen LogP contribution in [-0.4, -0.2) is 30.4 Å². The third-order valence-electron chi connectivity index (χ3n) is 3.95. The first-order chi connectivity index (χ1) is 9.25. The van der Waals surface area contributed by atoms with Crippen molar-refractivity contribution < 1.29 is 4.79 Å². The van der Waals surface area contributed by atoms with Gasteiger partial charge in [-0.1, -0.05) is 37.5 Å². The van der Waals surface area contributed by atoms with Gasteiger partial charge in [0.25, 0.3) is 0 Å². The van der Waals surface area contributed by atoms with Crippen molar-refractivity contribution in [2.75, 3.05) is 18.9 Å². The lowest BCUT2D eigenvalue weighted by Crippen LogP contribution is -2.35. The van der Waals surface area contributed by atoms with E-state index in [4.69, 9.17) is 0 Å². The Morgan fingerprint density at radius 3 is 2.58 bits per heavy atom. The fourth-order valence-corrected chi connectivity index (χ4v) is 2.73. The molecular weight excluding hydrogens is 236 g/mol. The van der Waals surface area contributed by atoms with Crippen LogP contribution < -0.4 is 5.32 Å². The maximum Gasteiger partial charge on any atom is 0.225 e. The summed E-state index contributed by atoms with van der Waals surface area (Å²) in [6.45, 7) is 0.851. The van der Waals surface area contributed by atoms with Gasteiger partial charge in [-0.2, -0.15) is 0 Å². The summed E-state index contributed by atoms with van der Waals surface area (Å²) in [5.74, 6) is 0.105. The lowest BCUT2D eigenvalue weighted by atomic mass is 9.94. The first kappa shape index (κ1) is 14.1. The Balaban J connectivity index is 1.71. The fourth-order valence-electron chi connectivity index (χ4n) is 2.73. The molecule has 1 amide bonds. The van der Waals surface area contributed by atoms with Crippen LogP contribution in [-0.2, 0) is 4.79 Å². The van der Waals surface area contributed by atoms with E-state index in [9.17, 15) is 4.79 Å². The van der Waals surface area contributed by atoms with Crippen molar-refractivity contribution in [3.63, 3.8) is 0 Å². The molecule has 2 rings (SSSR count). The monoisotopic (exact) mass is 260 g/mol. The summed E-state index contributed by atoms with van der Waals surface area (Å²) in [6, 6.07) is 10.3. The van der Waals surface area contributed by atoms with Gasteiger partial charge in [0.05, 0.1) is 0 Å². The van der Waals surface area contributed by atoms with E-state index in [1.54, 1.807) is 0 Å². The average Bonchev–Trinajstić information content (AvgIpc) is 2.47. The Morgan fingerprint density at radius 2 is 1.89 bits per heavy atom. The highest BCUT2D eigenvalue weighted by Gasteiger charge is 2.18. The number of carbonyl (C=O) groups excluding carboxylic acids is 1. The first-order valence-corrected chi connectivity index (χ1v) is 7.31. The predicted molar refractivity (Wildman–Crippen MR) is 79.2 cm³/mol. The SMILES string of the molecule is CN(CCC(=O)Nc1ccccc1)C1CCCCC1. The highest BCUT2D eigenvalue weighted by Crippen LogP contribution is 2.21.